The highest BCUT2D eigenvalue weighted by Crippen LogP contribution is 2.49. The zero-order valence-electron chi connectivity index (χ0n) is 14.0. The second-order valence-corrected chi connectivity index (χ2v) is 7.61. The maximum Gasteiger partial charge on any atom is 0.365 e. The van der Waals surface area contributed by atoms with Crippen molar-refractivity contribution in [2.24, 2.45) is 0 Å². The predicted octanol–water partition coefficient (Wildman–Crippen LogP) is 2.81. The Labute approximate surface area is 148 Å². The Morgan fingerprint density at radius 3 is 2.64 bits per heavy atom. The molecule has 0 radical (unpaired) electrons. The number of nitrogens with one attached hydrogen (secondary N) is 1. The van der Waals surface area contributed by atoms with Crippen molar-refractivity contribution in [2.75, 3.05) is 25.2 Å². The summed E-state index contributed by atoms with van der Waals surface area (Å²) in [7, 11) is -3.52. The predicted molar refractivity (Wildman–Crippen MR) is 96.1 cm³/mol. The summed E-state index contributed by atoms with van der Waals surface area (Å²) in [6.45, 7) is 3.95. The number of nitrogens with two attached hydrogens (primary N) is 1. The molecule has 9 nitrogen and oxygen atoms in total. The van der Waals surface area contributed by atoms with Gasteiger partial charge in [-0.3, -0.25) is 4.57 Å². The number of nitrogens with zero attached hydrogens (tertiary/aromatic N) is 3. The zero-order valence-corrected chi connectivity index (χ0v) is 15.7. The average Bonchev–Trinajstić information content (AvgIpc) is 3.22. The SMILES string of the molecule is CCOP(=O)(OCC)c1ccoc1-c1nc2nc(SC)nc(N)c2[nH]1. The van der Waals surface area contributed by atoms with Gasteiger partial charge in [0.2, 0.25) is 0 Å². The van der Waals surface area contributed by atoms with E-state index < -0.39 is 7.60 Å². The summed E-state index contributed by atoms with van der Waals surface area (Å²) in [5.41, 5.74) is 6.83. The fourth-order valence-electron chi connectivity index (χ4n) is 2.31. The number of H-pyrrole nitrogens is 1. The van der Waals surface area contributed by atoms with Crippen molar-refractivity contribution in [2.45, 2.75) is 19.0 Å². The number of aromatic nitrogens is 4. The number of thioether (sulfide) groups is 1. The van der Waals surface area contributed by atoms with Gasteiger partial charge in [-0.15, -0.1) is 0 Å². The molecular formula is C14H18N5O4PS. The maximum atomic E-state index is 13.1. The number of imidazole rings is 1. The Morgan fingerprint density at radius 2 is 2.00 bits per heavy atom. The summed E-state index contributed by atoms with van der Waals surface area (Å²) in [6.07, 6.45) is 3.25. The molecule has 0 saturated carbocycles. The lowest BCUT2D eigenvalue weighted by atomic mass is 10.4. The minimum absolute atomic E-state index is 0.234. The van der Waals surface area contributed by atoms with Gasteiger partial charge in [0, 0.05) is 0 Å². The highest BCUT2D eigenvalue weighted by Gasteiger charge is 2.33. The van der Waals surface area contributed by atoms with Crippen molar-refractivity contribution < 1.29 is 18.0 Å². The molecule has 0 amide bonds. The van der Waals surface area contributed by atoms with Crippen molar-refractivity contribution in [1.29, 1.82) is 0 Å². The van der Waals surface area contributed by atoms with E-state index in [4.69, 9.17) is 19.2 Å². The topological polar surface area (TPSA) is 129 Å². The van der Waals surface area contributed by atoms with E-state index in [1.807, 2.05) is 6.26 Å². The first kappa shape index (κ1) is 17.9. The molecule has 11 heteroatoms. The van der Waals surface area contributed by atoms with Crippen LogP contribution in [0, 0.1) is 0 Å². The Morgan fingerprint density at radius 1 is 1.28 bits per heavy atom. The van der Waals surface area contributed by atoms with Gasteiger partial charge in [-0.1, -0.05) is 11.8 Å². The van der Waals surface area contributed by atoms with Crippen LogP contribution in [-0.4, -0.2) is 39.4 Å². The van der Waals surface area contributed by atoms with Crippen LogP contribution in [0.2, 0.25) is 0 Å². The van der Waals surface area contributed by atoms with Crippen LogP contribution in [0.5, 0.6) is 0 Å². The largest absolute Gasteiger partial charge is 0.460 e. The highest BCUT2D eigenvalue weighted by molar-refractivity contribution is 7.98. The maximum absolute atomic E-state index is 13.1. The van der Waals surface area contributed by atoms with Crippen LogP contribution >= 0.6 is 19.4 Å². The third-order valence-corrected chi connectivity index (χ3v) is 5.98. The lowest BCUT2D eigenvalue weighted by molar-refractivity contribution is 0.230. The van der Waals surface area contributed by atoms with Crippen LogP contribution in [0.15, 0.2) is 21.9 Å². The zero-order chi connectivity index (χ0) is 18.0. The van der Waals surface area contributed by atoms with Gasteiger partial charge in [-0.2, -0.15) is 0 Å². The van der Waals surface area contributed by atoms with Gasteiger partial charge < -0.3 is 24.2 Å². The number of aromatic amines is 1. The third kappa shape index (κ3) is 3.30. The molecule has 25 heavy (non-hydrogen) atoms. The minimum Gasteiger partial charge on any atom is -0.460 e. The first-order chi connectivity index (χ1) is 12.0. The number of rotatable bonds is 7. The Hall–Kier alpha value is -1.87. The first-order valence-electron chi connectivity index (χ1n) is 7.57. The summed E-state index contributed by atoms with van der Waals surface area (Å²) in [5, 5.41) is 0.809. The molecule has 3 N–H and O–H groups in total. The van der Waals surface area contributed by atoms with Gasteiger partial charge in [0.25, 0.3) is 0 Å². The van der Waals surface area contributed by atoms with Crippen molar-refractivity contribution in [3.8, 4) is 11.6 Å². The summed E-state index contributed by atoms with van der Waals surface area (Å²) < 4.78 is 29.3. The molecule has 0 unspecified atom stereocenters. The third-order valence-electron chi connectivity index (χ3n) is 3.29. The molecule has 3 heterocycles. The summed E-state index contributed by atoms with van der Waals surface area (Å²) in [6, 6.07) is 1.55. The normalized spacial score (nSPS) is 12.1. The van der Waals surface area contributed by atoms with Crippen LogP contribution in [0.4, 0.5) is 5.82 Å². The van der Waals surface area contributed by atoms with E-state index in [-0.39, 0.29) is 24.8 Å². The Kier molecular flexibility index (Phi) is 5.14. The first-order valence-corrected chi connectivity index (χ1v) is 10.3. The van der Waals surface area contributed by atoms with E-state index >= 15 is 0 Å². The standard InChI is InChI=1S/C14H18N5O4PS/c1-4-22-24(20,23-5-2)8-6-7-21-10(8)13-16-9-11(15)17-14(25-3)19-12(9)18-13/h6-7H,4-5H2,1-3H3,(H3,15,16,17,18,19). The van der Waals surface area contributed by atoms with Gasteiger partial charge >= 0.3 is 7.60 Å². The van der Waals surface area contributed by atoms with Gasteiger partial charge in [0.1, 0.15) is 10.8 Å². The lowest BCUT2D eigenvalue weighted by Gasteiger charge is -2.16. The van der Waals surface area contributed by atoms with E-state index in [0.29, 0.717) is 27.4 Å². The monoisotopic (exact) mass is 383 g/mol. The van der Waals surface area contributed by atoms with Crippen molar-refractivity contribution in [1.82, 2.24) is 19.9 Å². The van der Waals surface area contributed by atoms with Gasteiger partial charge in [-0.25, -0.2) is 15.0 Å². The van der Waals surface area contributed by atoms with E-state index in [1.165, 1.54) is 18.0 Å². The number of furan rings is 1. The molecule has 0 bridgehead atoms. The Balaban J connectivity index is 2.12. The number of hydrogen-bond donors (Lipinski definition) is 2. The molecule has 0 spiro atoms. The fraction of sp³-hybridized carbons (Fsp3) is 0.357. The molecule has 0 aliphatic carbocycles. The number of anilines is 1. The molecule has 0 aliphatic rings. The lowest BCUT2D eigenvalue weighted by Crippen LogP contribution is -2.11. The average molecular weight is 383 g/mol. The summed E-state index contributed by atoms with van der Waals surface area (Å²) in [4.78, 5) is 15.9. The highest BCUT2D eigenvalue weighted by atomic mass is 32.2. The van der Waals surface area contributed by atoms with Crippen LogP contribution in [0.25, 0.3) is 22.7 Å². The van der Waals surface area contributed by atoms with Crippen molar-refractivity contribution >= 4 is 41.6 Å². The van der Waals surface area contributed by atoms with Gasteiger partial charge in [0.15, 0.2) is 28.2 Å². The van der Waals surface area contributed by atoms with Gasteiger partial charge in [-0.05, 0) is 26.2 Å². The van der Waals surface area contributed by atoms with E-state index in [2.05, 4.69) is 19.9 Å². The Bertz CT molecular complexity index is 931. The van der Waals surface area contributed by atoms with Crippen LogP contribution in [0.3, 0.4) is 0 Å². The van der Waals surface area contributed by atoms with E-state index in [1.54, 1.807) is 19.9 Å². The van der Waals surface area contributed by atoms with E-state index in [0.717, 1.165) is 0 Å². The van der Waals surface area contributed by atoms with Crippen molar-refractivity contribution in [3.63, 3.8) is 0 Å². The van der Waals surface area contributed by atoms with Crippen LogP contribution in [0.1, 0.15) is 13.8 Å². The molecule has 3 rings (SSSR count). The summed E-state index contributed by atoms with van der Waals surface area (Å²) in [5.74, 6) is 0.862. The second-order valence-electron chi connectivity index (χ2n) is 4.85. The number of nitrogen functional groups attached to an aromatic ring is 1. The number of fused-ring (bicyclic) bond motifs is 1. The number of hydrogen-bond acceptors (Lipinski definition) is 9. The molecule has 3 aromatic heterocycles. The quantitative estimate of drug-likeness (QED) is 0.359. The smallest absolute Gasteiger partial charge is 0.365 e. The molecule has 0 aromatic carbocycles. The molecule has 0 aliphatic heterocycles. The molecule has 3 aromatic rings. The molecular weight excluding hydrogens is 365 g/mol. The summed E-state index contributed by atoms with van der Waals surface area (Å²) >= 11 is 1.36. The second kappa shape index (κ2) is 7.17. The van der Waals surface area contributed by atoms with Gasteiger partial charge in [0.05, 0.1) is 19.5 Å². The molecule has 0 fully saturated rings. The molecule has 0 saturated heterocycles. The van der Waals surface area contributed by atoms with Crippen LogP contribution < -0.4 is 11.0 Å². The van der Waals surface area contributed by atoms with Crippen molar-refractivity contribution in [3.05, 3.63) is 12.3 Å². The molecule has 0 atom stereocenters. The minimum atomic E-state index is -3.52. The molecule has 134 valence electrons. The van der Waals surface area contributed by atoms with E-state index in [9.17, 15) is 4.57 Å². The van der Waals surface area contributed by atoms with Crippen LogP contribution in [-0.2, 0) is 13.6 Å². The fourth-order valence-corrected chi connectivity index (χ4v) is 4.36.